The first-order chi connectivity index (χ1) is 9.38. The van der Waals surface area contributed by atoms with Crippen molar-refractivity contribution in [3.63, 3.8) is 0 Å². The molecule has 20 heavy (non-hydrogen) atoms. The second-order valence-electron chi connectivity index (χ2n) is 6.49. The lowest BCUT2D eigenvalue weighted by molar-refractivity contribution is 0.589. The minimum absolute atomic E-state index is 0.00388. The van der Waals surface area contributed by atoms with Gasteiger partial charge in [-0.3, -0.25) is 4.98 Å². The van der Waals surface area contributed by atoms with Crippen LogP contribution in [0.3, 0.4) is 0 Å². The summed E-state index contributed by atoms with van der Waals surface area (Å²) in [5.41, 5.74) is 11.5. The number of aromatic nitrogens is 1. The zero-order valence-corrected chi connectivity index (χ0v) is 12.9. The molecule has 0 saturated heterocycles. The third-order valence-electron chi connectivity index (χ3n) is 3.75. The van der Waals surface area contributed by atoms with Gasteiger partial charge in [0.25, 0.3) is 0 Å². The number of hydrogen-bond acceptors (Lipinski definition) is 2. The van der Waals surface area contributed by atoms with Gasteiger partial charge in [-0.1, -0.05) is 45.0 Å². The predicted molar refractivity (Wildman–Crippen MR) is 84.7 cm³/mol. The molecule has 0 aliphatic heterocycles. The van der Waals surface area contributed by atoms with Crippen LogP contribution in [0.15, 0.2) is 42.7 Å². The Morgan fingerprint density at radius 3 is 2.30 bits per heavy atom. The first-order valence-corrected chi connectivity index (χ1v) is 7.13. The summed E-state index contributed by atoms with van der Waals surface area (Å²) < 4.78 is 0. The lowest BCUT2D eigenvalue weighted by atomic mass is 9.86. The number of hydrogen-bond donors (Lipinski definition) is 1. The minimum atomic E-state index is 0.00388. The Morgan fingerprint density at radius 2 is 1.75 bits per heavy atom. The first-order valence-electron chi connectivity index (χ1n) is 7.13. The molecule has 106 valence electrons. The molecule has 0 bridgehead atoms. The number of aryl methyl sites for hydroxylation is 1. The molecule has 2 N–H and O–H groups in total. The average Bonchev–Trinajstić information content (AvgIpc) is 2.38. The van der Waals surface area contributed by atoms with Crippen LogP contribution >= 0.6 is 0 Å². The quantitative estimate of drug-likeness (QED) is 0.916. The highest BCUT2D eigenvalue weighted by molar-refractivity contribution is 5.30. The van der Waals surface area contributed by atoms with Gasteiger partial charge in [0.05, 0.1) is 0 Å². The van der Waals surface area contributed by atoms with Gasteiger partial charge in [-0.2, -0.15) is 0 Å². The second kappa shape index (κ2) is 5.76. The molecule has 0 aliphatic carbocycles. The molecule has 0 radical (unpaired) electrons. The van der Waals surface area contributed by atoms with E-state index in [4.69, 9.17) is 5.73 Å². The van der Waals surface area contributed by atoms with Crippen LogP contribution < -0.4 is 5.73 Å². The van der Waals surface area contributed by atoms with Crippen LogP contribution in [0.4, 0.5) is 0 Å². The summed E-state index contributed by atoms with van der Waals surface area (Å²) >= 11 is 0. The molecular formula is C18H24N2. The lowest BCUT2D eigenvalue weighted by Crippen LogP contribution is -2.15. The van der Waals surface area contributed by atoms with Crippen LogP contribution in [0.5, 0.6) is 0 Å². The number of nitrogens with two attached hydrogens (primary N) is 1. The Morgan fingerprint density at radius 1 is 1.10 bits per heavy atom. The Bertz CT molecular complexity index is 565. The van der Waals surface area contributed by atoms with Crippen molar-refractivity contribution < 1.29 is 0 Å². The van der Waals surface area contributed by atoms with Crippen LogP contribution in [0.1, 0.15) is 49.1 Å². The standard InChI is InChI=1S/C18H24N2/c1-13-9-10-20-12-16(13)17(19)11-14-5-7-15(8-6-14)18(2,3)4/h5-10,12,17H,11,19H2,1-4H3. The van der Waals surface area contributed by atoms with Gasteiger partial charge >= 0.3 is 0 Å². The molecule has 2 aromatic rings. The first kappa shape index (κ1) is 14.7. The van der Waals surface area contributed by atoms with Crippen LogP contribution in [0.25, 0.3) is 0 Å². The van der Waals surface area contributed by atoms with Gasteiger partial charge < -0.3 is 5.73 Å². The van der Waals surface area contributed by atoms with Crippen molar-refractivity contribution in [2.24, 2.45) is 5.73 Å². The van der Waals surface area contributed by atoms with E-state index in [9.17, 15) is 0 Å². The van der Waals surface area contributed by atoms with Crippen molar-refractivity contribution in [2.45, 2.75) is 45.6 Å². The van der Waals surface area contributed by atoms with E-state index in [0.717, 1.165) is 12.0 Å². The highest BCUT2D eigenvalue weighted by Gasteiger charge is 2.14. The fourth-order valence-corrected chi connectivity index (χ4v) is 2.37. The van der Waals surface area contributed by atoms with Crippen molar-refractivity contribution in [1.29, 1.82) is 0 Å². The van der Waals surface area contributed by atoms with Gasteiger partial charge in [-0.05, 0) is 47.1 Å². The van der Waals surface area contributed by atoms with Crippen molar-refractivity contribution in [3.05, 3.63) is 65.0 Å². The topological polar surface area (TPSA) is 38.9 Å². The Balaban J connectivity index is 2.13. The molecule has 1 heterocycles. The van der Waals surface area contributed by atoms with Gasteiger partial charge in [-0.15, -0.1) is 0 Å². The maximum Gasteiger partial charge on any atom is 0.0353 e. The summed E-state index contributed by atoms with van der Waals surface area (Å²) in [5, 5.41) is 0. The summed E-state index contributed by atoms with van der Waals surface area (Å²) in [6.45, 7) is 8.77. The molecule has 2 rings (SSSR count). The van der Waals surface area contributed by atoms with Crippen LogP contribution in [-0.4, -0.2) is 4.98 Å². The molecule has 1 aromatic carbocycles. The summed E-state index contributed by atoms with van der Waals surface area (Å²) in [4.78, 5) is 4.17. The van der Waals surface area contributed by atoms with Crippen molar-refractivity contribution in [3.8, 4) is 0 Å². The van der Waals surface area contributed by atoms with Crippen molar-refractivity contribution in [2.75, 3.05) is 0 Å². The van der Waals surface area contributed by atoms with Gasteiger partial charge in [0.15, 0.2) is 0 Å². The highest BCUT2D eigenvalue weighted by Crippen LogP contribution is 2.24. The fraction of sp³-hybridized carbons (Fsp3) is 0.389. The van der Waals surface area contributed by atoms with E-state index in [1.807, 2.05) is 18.5 Å². The van der Waals surface area contributed by atoms with E-state index in [2.05, 4.69) is 56.9 Å². The van der Waals surface area contributed by atoms with Crippen LogP contribution in [0.2, 0.25) is 0 Å². The molecule has 0 saturated carbocycles. The van der Waals surface area contributed by atoms with Crippen LogP contribution in [-0.2, 0) is 11.8 Å². The van der Waals surface area contributed by atoms with E-state index < -0.39 is 0 Å². The smallest absolute Gasteiger partial charge is 0.0353 e. The van der Waals surface area contributed by atoms with Gasteiger partial charge in [0.1, 0.15) is 0 Å². The predicted octanol–water partition coefficient (Wildman–Crippen LogP) is 3.93. The van der Waals surface area contributed by atoms with E-state index in [1.54, 1.807) is 0 Å². The molecule has 0 spiro atoms. The Kier molecular flexibility index (Phi) is 4.24. The fourth-order valence-electron chi connectivity index (χ4n) is 2.37. The normalized spacial score (nSPS) is 13.2. The van der Waals surface area contributed by atoms with Crippen LogP contribution in [0, 0.1) is 6.92 Å². The van der Waals surface area contributed by atoms with E-state index >= 15 is 0 Å². The lowest BCUT2D eigenvalue weighted by Gasteiger charge is -2.20. The number of rotatable bonds is 3. The monoisotopic (exact) mass is 268 g/mol. The molecule has 0 amide bonds. The summed E-state index contributed by atoms with van der Waals surface area (Å²) in [7, 11) is 0. The molecule has 2 heteroatoms. The zero-order valence-electron chi connectivity index (χ0n) is 12.9. The van der Waals surface area contributed by atoms with Gasteiger partial charge in [-0.25, -0.2) is 0 Å². The molecule has 0 aliphatic rings. The van der Waals surface area contributed by atoms with Gasteiger partial charge in [0.2, 0.25) is 0 Å². The SMILES string of the molecule is Cc1ccncc1C(N)Cc1ccc(C(C)(C)C)cc1. The maximum absolute atomic E-state index is 6.31. The Hall–Kier alpha value is -1.67. The average molecular weight is 268 g/mol. The number of nitrogens with zero attached hydrogens (tertiary/aromatic N) is 1. The third kappa shape index (κ3) is 3.45. The number of pyridine rings is 1. The molecule has 1 unspecified atom stereocenters. The Labute approximate surface area is 122 Å². The van der Waals surface area contributed by atoms with E-state index in [0.29, 0.717) is 0 Å². The highest BCUT2D eigenvalue weighted by atomic mass is 14.7. The summed E-state index contributed by atoms with van der Waals surface area (Å²) in [6, 6.07) is 10.8. The molecule has 0 fully saturated rings. The minimum Gasteiger partial charge on any atom is -0.324 e. The van der Waals surface area contributed by atoms with E-state index in [1.165, 1.54) is 16.7 Å². The maximum atomic E-state index is 6.31. The number of benzene rings is 1. The van der Waals surface area contributed by atoms with Crippen molar-refractivity contribution in [1.82, 2.24) is 4.98 Å². The largest absolute Gasteiger partial charge is 0.324 e. The molecule has 1 atom stereocenters. The summed E-state index contributed by atoms with van der Waals surface area (Å²) in [5.74, 6) is 0. The molecule has 1 aromatic heterocycles. The van der Waals surface area contributed by atoms with Gasteiger partial charge in [0, 0.05) is 18.4 Å². The molecule has 2 nitrogen and oxygen atoms in total. The third-order valence-corrected chi connectivity index (χ3v) is 3.75. The zero-order chi connectivity index (χ0) is 14.8. The molecular weight excluding hydrogens is 244 g/mol. The van der Waals surface area contributed by atoms with Crippen molar-refractivity contribution >= 4 is 0 Å². The van der Waals surface area contributed by atoms with E-state index in [-0.39, 0.29) is 11.5 Å². The second-order valence-corrected chi connectivity index (χ2v) is 6.49. The summed E-state index contributed by atoms with van der Waals surface area (Å²) in [6.07, 6.45) is 4.53.